The van der Waals surface area contributed by atoms with Gasteiger partial charge in [-0.2, -0.15) is 0 Å². The third-order valence-electron chi connectivity index (χ3n) is 4.74. The Labute approximate surface area is 148 Å². The SMILES string of the molecule is COc1ccc(-c2cccc3cccc(-c4ccccc4C)c23)cc1. The summed E-state index contributed by atoms with van der Waals surface area (Å²) in [5.74, 6) is 0.878. The second-order valence-corrected chi connectivity index (χ2v) is 6.25. The second-order valence-electron chi connectivity index (χ2n) is 6.25. The summed E-state index contributed by atoms with van der Waals surface area (Å²) in [6, 6.07) is 29.9. The summed E-state index contributed by atoms with van der Waals surface area (Å²) in [6.45, 7) is 2.17. The molecule has 4 aromatic rings. The Kier molecular flexibility index (Phi) is 3.99. The second kappa shape index (κ2) is 6.45. The van der Waals surface area contributed by atoms with E-state index in [9.17, 15) is 0 Å². The number of fused-ring (bicyclic) bond motifs is 1. The van der Waals surface area contributed by atoms with Gasteiger partial charge in [-0.05, 0) is 57.6 Å². The number of ether oxygens (including phenoxy) is 1. The summed E-state index contributed by atoms with van der Waals surface area (Å²) in [6.07, 6.45) is 0. The van der Waals surface area contributed by atoms with Gasteiger partial charge in [-0.15, -0.1) is 0 Å². The van der Waals surface area contributed by atoms with Crippen LogP contribution in [0.25, 0.3) is 33.0 Å². The van der Waals surface area contributed by atoms with Crippen molar-refractivity contribution in [1.82, 2.24) is 0 Å². The number of methoxy groups -OCH3 is 1. The van der Waals surface area contributed by atoms with Crippen molar-refractivity contribution in [3.8, 4) is 28.0 Å². The first-order valence-electron chi connectivity index (χ1n) is 8.50. The van der Waals surface area contributed by atoms with E-state index in [1.54, 1.807) is 7.11 Å². The van der Waals surface area contributed by atoms with Crippen LogP contribution in [0.2, 0.25) is 0 Å². The van der Waals surface area contributed by atoms with Crippen LogP contribution in [0.15, 0.2) is 84.9 Å². The van der Waals surface area contributed by atoms with Gasteiger partial charge in [0.25, 0.3) is 0 Å². The highest BCUT2D eigenvalue weighted by Gasteiger charge is 2.11. The van der Waals surface area contributed by atoms with Gasteiger partial charge in [0.2, 0.25) is 0 Å². The molecular formula is C24H20O. The van der Waals surface area contributed by atoms with Crippen LogP contribution in [0.3, 0.4) is 0 Å². The molecule has 0 saturated carbocycles. The molecule has 4 rings (SSSR count). The van der Waals surface area contributed by atoms with Crippen LogP contribution >= 0.6 is 0 Å². The maximum atomic E-state index is 5.30. The topological polar surface area (TPSA) is 9.23 Å². The fourth-order valence-electron chi connectivity index (χ4n) is 3.45. The van der Waals surface area contributed by atoms with Gasteiger partial charge in [0.15, 0.2) is 0 Å². The van der Waals surface area contributed by atoms with Gasteiger partial charge in [0.05, 0.1) is 7.11 Å². The van der Waals surface area contributed by atoms with Crippen molar-refractivity contribution in [2.24, 2.45) is 0 Å². The summed E-state index contributed by atoms with van der Waals surface area (Å²) >= 11 is 0. The highest BCUT2D eigenvalue weighted by Crippen LogP contribution is 2.37. The van der Waals surface area contributed by atoms with E-state index >= 15 is 0 Å². The zero-order valence-corrected chi connectivity index (χ0v) is 14.5. The van der Waals surface area contributed by atoms with Crippen molar-refractivity contribution in [1.29, 1.82) is 0 Å². The molecule has 4 aromatic carbocycles. The molecule has 0 N–H and O–H groups in total. The number of aryl methyl sites for hydroxylation is 1. The van der Waals surface area contributed by atoms with Gasteiger partial charge in [0.1, 0.15) is 5.75 Å². The maximum absolute atomic E-state index is 5.30. The Balaban J connectivity index is 2.01. The van der Waals surface area contributed by atoms with E-state index in [4.69, 9.17) is 4.74 Å². The lowest BCUT2D eigenvalue weighted by atomic mass is 9.90. The molecule has 0 aromatic heterocycles. The molecule has 0 amide bonds. The number of benzene rings is 4. The molecule has 25 heavy (non-hydrogen) atoms. The molecule has 0 aliphatic rings. The lowest BCUT2D eigenvalue weighted by molar-refractivity contribution is 0.415. The van der Waals surface area contributed by atoms with Gasteiger partial charge in [-0.25, -0.2) is 0 Å². The Morgan fingerprint density at radius 2 is 1.24 bits per heavy atom. The van der Waals surface area contributed by atoms with Crippen LogP contribution in [-0.2, 0) is 0 Å². The monoisotopic (exact) mass is 324 g/mol. The zero-order valence-electron chi connectivity index (χ0n) is 14.5. The molecule has 0 spiro atoms. The Morgan fingerprint density at radius 1 is 0.600 bits per heavy atom. The minimum Gasteiger partial charge on any atom is -0.497 e. The first-order valence-corrected chi connectivity index (χ1v) is 8.50. The fraction of sp³-hybridized carbons (Fsp3) is 0.0833. The molecule has 1 nitrogen and oxygen atoms in total. The van der Waals surface area contributed by atoms with Gasteiger partial charge >= 0.3 is 0 Å². The van der Waals surface area contributed by atoms with E-state index in [1.807, 2.05) is 12.1 Å². The van der Waals surface area contributed by atoms with E-state index in [1.165, 1.54) is 38.6 Å². The molecule has 0 bridgehead atoms. The van der Waals surface area contributed by atoms with Gasteiger partial charge in [0, 0.05) is 0 Å². The molecule has 0 heterocycles. The largest absolute Gasteiger partial charge is 0.497 e. The highest BCUT2D eigenvalue weighted by atomic mass is 16.5. The zero-order chi connectivity index (χ0) is 17.2. The minimum absolute atomic E-state index is 0.878. The first-order chi connectivity index (χ1) is 12.3. The molecule has 1 heteroatoms. The van der Waals surface area contributed by atoms with E-state index in [-0.39, 0.29) is 0 Å². The normalized spacial score (nSPS) is 10.8. The average Bonchev–Trinajstić information content (AvgIpc) is 2.68. The van der Waals surface area contributed by atoms with E-state index in [2.05, 4.69) is 79.7 Å². The number of rotatable bonds is 3. The highest BCUT2D eigenvalue weighted by molar-refractivity contribution is 6.06. The predicted molar refractivity (Wildman–Crippen MR) is 106 cm³/mol. The van der Waals surface area contributed by atoms with Crippen LogP contribution < -0.4 is 4.74 Å². The van der Waals surface area contributed by atoms with Crippen LogP contribution in [-0.4, -0.2) is 7.11 Å². The van der Waals surface area contributed by atoms with Gasteiger partial charge in [-0.3, -0.25) is 0 Å². The fourth-order valence-corrected chi connectivity index (χ4v) is 3.45. The molecule has 0 aliphatic carbocycles. The smallest absolute Gasteiger partial charge is 0.118 e. The summed E-state index contributed by atoms with van der Waals surface area (Å²) in [5, 5.41) is 2.55. The van der Waals surface area contributed by atoms with E-state index in [0.29, 0.717) is 0 Å². The Morgan fingerprint density at radius 3 is 1.92 bits per heavy atom. The lowest BCUT2D eigenvalue weighted by Gasteiger charge is -2.14. The van der Waals surface area contributed by atoms with Crippen LogP contribution in [0.1, 0.15) is 5.56 Å². The molecule has 0 atom stereocenters. The van der Waals surface area contributed by atoms with Crippen molar-refractivity contribution in [2.45, 2.75) is 6.92 Å². The summed E-state index contributed by atoms with van der Waals surface area (Å²) in [4.78, 5) is 0. The summed E-state index contributed by atoms with van der Waals surface area (Å²) in [5.41, 5.74) is 6.31. The molecule has 0 fully saturated rings. The predicted octanol–water partition coefficient (Wildman–Crippen LogP) is 6.49. The van der Waals surface area contributed by atoms with Gasteiger partial charge < -0.3 is 4.74 Å². The molecule has 0 aliphatic heterocycles. The molecule has 0 radical (unpaired) electrons. The summed E-state index contributed by atoms with van der Waals surface area (Å²) in [7, 11) is 1.70. The Bertz CT molecular complexity index is 1020. The van der Waals surface area contributed by atoms with Crippen molar-refractivity contribution in [3.05, 3.63) is 90.5 Å². The van der Waals surface area contributed by atoms with Crippen LogP contribution in [0, 0.1) is 6.92 Å². The number of hydrogen-bond donors (Lipinski definition) is 0. The molecule has 0 unspecified atom stereocenters. The summed E-state index contributed by atoms with van der Waals surface area (Å²) < 4.78 is 5.30. The molecular weight excluding hydrogens is 304 g/mol. The lowest BCUT2D eigenvalue weighted by Crippen LogP contribution is -1.89. The minimum atomic E-state index is 0.878. The van der Waals surface area contributed by atoms with E-state index in [0.717, 1.165) is 5.75 Å². The van der Waals surface area contributed by atoms with Crippen LogP contribution in [0.5, 0.6) is 5.75 Å². The first kappa shape index (κ1) is 15.5. The van der Waals surface area contributed by atoms with Crippen molar-refractivity contribution in [3.63, 3.8) is 0 Å². The van der Waals surface area contributed by atoms with Crippen molar-refractivity contribution >= 4 is 10.8 Å². The third kappa shape index (κ3) is 2.78. The van der Waals surface area contributed by atoms with Crippen molar-refractivity contribution < 1.29 is 4.74 Å². The quantitative estimate of drug-likeness (QED) is 0.418. The number of hydrogen-bond acceptors (Lipinski definition) is 1. The third-order valence-corrected chi connectivity index (χ3v) is 4.74. The maximum Gasteiger partial charge on any atom is 0.118 e. The van der Waals surface area contributed by atoms with Gasteiger partial charge in [-0.1, -0.05) is 72.8 Å². The standard InChI is InChI=1S/C24H20O/c1-17-7-3-4-10-21(17)23-12-6-9-19-8-5-11-22(24(19)23)18-13-15-20(25-2)16-14-18/h3-16H,1-2H3. The molecule has 122 valence electrons. The van der Waals surface area contributed by atoms with Crippen molar-refractivity contribution in [2.75, 3.05) is 7.11 Å². The molecule has 0 saturated heterocycles. The average molecular weight is 324 g/mol. The van der Waals surface area contributed by atoms with E-state index < -0.39 is 0 Å². The Hall–Kier alpha value is -3.06. The van der Waals surface area contributed by atoms with Crippen LogP contribution in [0.4, 0.5) is 0 Å².